The number of rotatable bonds is 8. The van der Waals surface area contributed by atoms with Crippen molar-refractivity contribution < 1.29 is 0 Å². The van der Waals surface area contributed by atoms with Crippen molar-refractivity contribution in [3.63, 3.8) is 0 Å². The molecule has 0 spiro atoms. The molecule has 8 rings (SSSR count). The largest absolute Gasteiger partial charge is 0.354 e. The molecule has 0 aromatic heterocycles. The van der Waals surface area contributed by atoms with Crippen LogP contribution in [0.5, 0.6) is 0 Å². The van der Waals surface area contributed by atoms with Crippen LogP contribution in [0.15, 0.2) is 194 Å². The fraction of sp³-hybridized carbons (Fsp3) is 0.0208. The summed E-state index contributed by atoms with van der Waals surface area (Å²) in [5.41, 5.74) is 15.3. The second-order valence-electron chi connectivity index (χ2n) is 12.7. The van der Waals surface area contributed by atoms with E-state index in [0.29, 0.717) is 5.71 Å². The molecule has 1 aliphatic heterocycles. The molecular formula is C48H37N3. The van der Waals surface area contributed by atoms with Gasteiger partial charge in [0.2, 0.25) is 0 Å². The zero-order valence-electron chi connectivity index (χ0n) is 28.4. The molecule has 0 bridgehead atoms. The van der Waals surface area contributed by atoms with Gasteiger partial charge >= 0.3 is 0 Å². The van der Waals surface area contributed by atoms with Gasteiger partial charge in [-0.3, -0.25) is 5.41 Å². The van der Waals surface area contributed by atoms with E-state index in [1.165, 1.54) is 22.3 Å². The minimum absolute atomic E-state index is 0.494. The normalized spacial score (nSPS) is 13.0. The molecule has 0 saturated heterocycles. The van der Waals surface area contributed by atoms with Crippen LogP contribution in [0.2, 0.25) is 0 Å². The average Bonchev–Trinajstić information content (AvgIpc) is 3.22. The van der Waals surface area contributed by atoms with Crippen LogP contribution in [0.3, 0.4) is 0 Å². The SMILES string of the molecule is C/C(C(=N)c1ccccc1)=C1/NC(c2ccccc2)=Cc2ccc(N(c3ccc(-c4ccccc4)cc3)c3ccc(-c4ccccc4)cc3)cc21. The minimum Gasteiger partial charge on any atom is -0.354 e. The van der Waals surface area contributed by atoms with Gasteiger partial charge in [-0.25, -0.2) is 0 Å². The first kappa shape index (κ1) is 31.6. The fourth-order valence-corrected chi connectivity index (χ4v) is 6.75. The van der Waals surface area contributed by atoms with Crippen LogP contribution in [0, 0.1) is 5.41 Å². The lowest BCUT2D eigenvalue weighted by molar-refractivity contribution is 1.19. The Kier molecular flexibility index (Phi) is 8.68. The zero-order valence-corrected chi connectivity index (χ0v) is 28.4. The number of nitrogens with one attached hydrogen (secondary N) is 2. The molecule has 3 heteroatoms. The Morgan fingerprint density at radius 3 is 1.41 bits per heavy atom. The molecule has 3 nitrogen and oxygen atoms in total. The summed E-state index contributed by atoms with van der Waals surface area (Å²) in [7, 11) is 0. The van der Waals surface area contributed by atoms with Crippen LogP contribution < -0.4 is 10.2 Å². The summed E-state index contributed by atoms with van der Waals surface area (Å²) in [5, 5.41) is 13.0. The van der Waals surface area contributed by atoms with Crippen molar-refractivity contribution >= 4 is 40.2 Å². The van der Waals surface area contributed by atoms with E-state index >= 15 is 0 Å². The third-order valence-electron chi connectivity index (χ3n) is 9.49. The van der Waals surface area contributed by atoms with Gasteiger partial charge in [-0.2, -0.15) is 0 Å². The van der Waals surface area contributed by atoms with Crippen LogP contribution in [0.25, 0.3) is 39.7 Å². The zero-order chi connectivity index (χ0) is 34.6. The third-order valence-corrected chi connectivity index (χ3v) is 9.49. The molecule has 0 fully saturated rings. The lowest BCUT2D eigenvalue weighted by Gasteiger charge is -2.29. The van der Waals surface area contributed by atoms with Crippen molar-refractivity contribution in [3.8, 4) is 22.3 Å². The Bertz CT molecular complexity index is 2280. The highest BCUT2D eigenvalue weighted by Crippen LogP contribution is 2.41. The molecule has 0 amide bonds. The van der Waals surface area contributed by atoms with Gasteiger partial charge in [-0.15, -0.1) is 0 Å². The maximum atomic E-state index is 9.25. The molecule has 0 atom stereocenters. The maximum absolute atomic E-state index is 9.25. The van der Waals surface area contributed by atoms with Crippen LogP contribution in [-0.4, -0.2) is 5.71 Å². The highest BCUT2D eigenvalue weighted by Gasteiger charge is 2.23. The highest BCUT2D eigenvalue weighted by molar-refractivity contribution is 6.15. The Hall–Kier alpha value is -6.71. The number of anilines is 3. The third kappa shape index (κ3) is 6.53. The van der Waals surface area contributed by atoms with Gasteiger partial charge < -0.3 is 10.2 Å². The lowest BCUT2D eigenvalue weighted by Crippen LogP contribution is -2.20. The predicted molar refractivity (Wildman–Crippen MR) is 215 cm³/mol. The molecule has 51 heavy (non-hydrogen) atoms. The van der Waals surface area contributed by atoms with Crippen LogP contribution in [0.4, 0.5) is 17.1 Å². The quantitative estimate of drug-likeness (QED) is 0.160. The molecule has 0 unspecified atom stereocenters. The first-order chi connectivity index (χ1) is 25.1. The van der Waals surface area contributed by atoms with E-state index in [1.54, 1.807) is 0 Å². The Morgan fingerprint density at radius 2 is 0.902 bits per heavy atom. The number of fused-ring (bicyclic) bond motifs is 1. The average molecular weight is 656 g/mol. The van der Waals surface area contributed by atoms with Gasteiger partial charge in [-0.1, -0.05) is 152 Å². The Labute approximate surface area is 300 Å². The summed E-state index contributed by atoms with van der Waals surface area (Å²) in [6.07, 6.45) is 2.21. The van der Waals surface area contributed by atoms with Crippen LogP contribution >= 0.6 is 0 Å². The first-order valence-corrected chi connectivity index (χ1v) is 17.3. The second-order valence-corrected chi connectivity index (χ2v) is 12.7. The molecule has 0 aliphatic carbocycles. The van der Waals surface area contributed by atoms with Gasteiger partial charge in [-0.05, 0) is 93.9 Å². The smallest absolute Gasteiger partial charge is 0.0662 e. The van der Waals surface area contributed by atoms with E-state index in [9.17, 15) is 5.41 Å². The highest BCUT2D eigenvalue weighted by atomic mass is 15.1. The van der Waals surface area contributed by atoms with Gasteiger partial charge in [0.1, 0.15) is 0 Å². The van der Waals surface area contributed by atoms with Crippen molar-refractivity contribution in [1.82, 2.24) is 5.32 Å². The topological polar surface area (TPSA) is 39.1 Å². The molecule has 244 valence electrons. The van der Waals surface area contributed by atoms with E-state index in [4.69, 9.17) is 0 Å². The van der Waals surface area contributed by atoms with Gasteiger partial charge in [0, 0.05) is 28.3 Å². The van der Waals surface area contributed by atoms with Crippen molar-refractivity contribution in [2.45, 2.75) is 6.92 Å². The van der Waals surface area contributed by atoms with E-state index in [1.807, 2.05) is 55.5 Å². The van der Waals surface area contributed by atoms with Gasteiger partial charge in [0.25, 0.3) is 0 Å². The fourth-order valence-electron chi connectivity index (χ4n) is 6.75. The van der Waals surface area contributed by atoms with E-state index in [2.05, 4.69) is 156 Å². The number of hydrogen-bond acceptors (Lipinski definition) is 3. The number of nitrogens with zero attached hydrogens (tertiary/aromatic N) is 1. The summed E-state index contributed by atoms with van der Waals surface area (Å²) < 4.78 is 0. The van der Waals surface area contributed by atoms with E-state index in [0.717, 1.165) is 56.3 Å². The number of benzene rings is 7. The molecule has 7 aromatic carbocycles. The first-order valence-electron chi connectivity index (χ1n) is 17.3. The summed E-state index contributed by atoms with van der Waals surface area (Å²) in [4.78, 5) is 2.32. The van der Waals surface area contributed by atoms with E-state index in [-0.39, 0.29) is 0 Å². The van der Waals surface area contributed by atoms with Crippen molar-refractivity contribution in [3.05, 3.63) is 216 Å². The molecule has 0 radical (unpaired) electrons. The summed E-state index contributed by atoms with van der Waals surface area (Å²) in [6, 6.07) is 65.6. The molecule has 7 aromatic rings. The Morgan fingerprint density at radius 1 is 0.471 bits per heavy atom. The van der Waals surface area contributed by atoms with Gasteiger partial charge in [0.15, 0.2) is 0 Å². The minimum atomic E-state index is 0.494. The van der Waals surface area contributed by atoms with Crippen LogP contribution in [0.1, 0.15) is 29.2 Å². The molecule has 0 saturated carbocycles. The summed E-state index contributed by atoms with van der Waals surface area (Å²) in [5.74, 6) is 0. The van der Waals surface area contributed by atoms with Crippen molar-refractivity contribution in [2.75, 3.05) is 4.90 Å². The second kappa shape index (κ2) is 14.0. The lowest BCUT2D eigenvalue weighted by atomic mass is 9.91. The summed E-state index contributed by atoms with van der Waals surface area (Å²) in [6.45, 7) is 2.05. The molecule has 2 N–H and O–H groups in total. The number of hydrogen-bond donors (Lipinski definition) is 2. The molecule has 1 heterocycles. The number of allylic oxidation sites excluding steroid dienone is 1. The standard InChI is InChI=1S/C48H37N3/c1-34(47(49)40-20-12-5-13-21-40)48-45-33-44(31-26-41(45)32-46(50-48)39-18-10-4-11-19-39)51(42-27-22-37(23-28-42)35-14-6-2-7-15-35)43-29-24-38(25-30-43)36-16-8-3-9-17-36/h2-33,49-50H,1H3/b48-34-,49-47?. The predicted octanol–water partition coefficient (Wildman–Crippen LogP) is 12.4. The summed E-state index contributed by atoms with van der Waals surface area (Å²) >= 11 is 0. The maximum Gasteiger partial charge on any atom is 0.0662 e. The molecule has 1 aliphatic rings. The van der Waals surface area contributed by atoms with Gasteiger partial charge in [0.05, 0.1) is 11.4 Å². The Balaban J connectivity index is 1.27. The monoisotopic (exact) mass is 655 g/mol. The van der Waals surface area contributed by atoms with Crippen molar-refractivity contribution in [2.24, 2.45) is 0 Å². The van der Waals surface area contributed by atoms with Crippen LogP contribution in [-0.2, 0) is 0 Å². The van der Waals surface area contributed by atoms with E-state index < -0.39 is 0 Å². The molecular weight excluding hydrogens is 619 g/mol. The van der Waals surface area contributed by atoms with Crippen molar-refractivity contribution in [1.29, 1.82) is 5.41 Å².